The quantitative estimate of drug-likeness (QED) is 0.436. The molecule has 0 bridgehead atoms. The normalized spacial score (nSPS) is 11.6. The van der Waals surface area contributed by atoms with E-state index in [1.54, 1.807) is 28.8 Å². The lowest BCUT2D eigenvalue weighted by Crippen LogP contribution is -2.20. The Morgan fingerprint density at radius 2 is 1.68 bits per heavy atom. The first-order chi connectivity index (χ1) is 14.8. The molecule has 8 heteroatoms. The maximum atomic E-state index is 13.9. The third-order valence-electron chi connectivity index (χ3n) is 4.93. The number of rotatable bonds is 5. The van der Waals surface area contributed by atoms with Crippen molar-refractivity contribution in [3.8, 4) is 5.75 Å². The molecule has 1 aromatic heterocycles. The smallest absolute Gasteiger partial charge is 0.211 e. The van der Waals surface area contributed by atoms with Crippen LogP contribution >= 0.6 is 11.6 Å². The van der Waals surface area contributed by atoms with Crippen LogP contribution in [0.3, 0.4) is 0 Å². The molecule has 0 saturated carbocycles. The monoisotopic (exact) mass is 457 g/mol. The minimum atomic E-state index is -4.15. The van der Waals surface area contributed by atoms with Gasteiger partial charge in [0.1, 0.15) is 16.5 Å². The Labute approximate surface area is 183 Å². The molecule has 5 nitrogen and oxygen atoms in total. The molecular formula is C23H17ClFNO4S. The van der Waals surface area contributed by atoms with E-state index in [4.69, 9.17) is 16.3 Å². The molecule has 0 fully saturated rings. The van der Waals surface area contributed by atoms with E-state index >= 15 is 0 Å². The summed E-state index contributed by atoms with van der Waals surface area (Å²) < 4.78 is 47.1. The summed E-state index contributed by atoms with van der Waals surface area (Å²) in [5.41, 5.74) is 0.513. The first kappa shape index (κ1) is 21.1. The van der Waals surface area contributed by atoms with Crippen molar-refractivity contribution in [3.05, 3.63) is 99.6 Å². The molecule has 31 heavy (non-hydrogen) atoms. The highest BCUT2D eigenvalue weighted by atomic mass is 35.5. The van der Waals surface area contributed by atoms with E-state index in [-0.39, 0.29) is 16.8 Å². The number of halogens is 2. The first-order valence-electron chi connectivity index (χ1n) is 9.26. The molecular weight excluding hydrogens is 441 g/mol. The summed E-state index contributed by atoms with van der Waals surface area (Å²) in [7, 11) is -2.68. The minimum Gasteiger partial charge on any atom is -0.497 e. The maximum Gasteiger partial charge on any atom is 0.211 e. The van der Waals surface area contributed by atoms with Crippen LogP contribution in [0, 0.1) is 5.82 Å². The lowest BCUT2D eigenvalue weighted by molar-refractivity contribution is 0.414. The van der Waals surface area contributed by atoms with Crippen molar-refractivity contribution in [3.63, 3.8) is 0 Å². The van der Waals surface area contributed by atoms with Crippen LogP contribution < -0.4 is 10.2 Å². The van der Waals surface area contributed by atoms with E-state index < -0.39 is 26.0 Å². The molecule has 4 rings (SSSR count). The highest BCUT2D eigenvalue weighted by Gasteiger charge is 2.24. The van der Waals surface area contributed by atoms with Crippen molar-refractivity contribution in [1.29, 1.82) is 0 Å². The Kier molecular flexibility index (Phi) is 5.56. The van der Waals surface area contributed by atoms with Gasteiger partial charge in [0.05, 0.1) is 17.5 Å². The molecule has 0 unspecified atom stereocenters. The van der Waals surface area contributed by atoms with Gasteiger partial charge in [-0.05, 0) is 60.2 Å². The molecule has 0 aliphatic rings. The SMILES string of the molecule is COc1ccc(S(=O)(=O)c2cn(Cc3ccc(Cl)cc3)c3ccc(F)cc3c2=O)cc1. The summed E-state index contributed by atoms with van der Waals surface area (Å²) in [4.78, 5) is 12.6. The van der Waals surface area contributed by atoms with Gasteiger partial charge in [-0.2, -0.15) is 0 Å². The lowest BCUT2D eigenvalue weighted by atomic mass is 10.1. The predicted molar refractivity (Wildman–Crippen MR) is 117 cm³/mol. The fourth-order valence-electron chi connectivity index (χ4n) is 3.33. The molecule has 1 heterocycles. The fourth-order valence-corrected chi connectivity index (χ4v) is 4.83. The topological polar surface area (TPSA) is 65.4 Å². The van der Waals surface area contributed by atoms with E-state index in [9.17, 15) is 17.6 Å². The molecule has 3 aromatic carbocycles. The van der Waals surface area contributed by atoms with Gasteiger partial charge in [0, 0.05) is 23.2 Å². The summed E-state index contributed by atoms with van der Waals surface area (Å²) in [5, 5.41) is 0.557. The zero-order valence-corrected chi connectivity index (χ0v) is 18.0. The van der Waals surface area contributed by atoms with E-state index in [0.29, 0.717) is 16.3 Å². The molecule has 0 amide bonds. The minimum absolute atomic E-state index is 0.0106. The first-order valence-corrected chi connectivity index (χ1v) is 11.1. The van der Waals surface area contributed by atoms with Crippen molar-refractivity contribution in [2.24, 2.45) is 0 Å². The van der Waals surface area contributed by atoms with Crippen molar-refractivity contribution in [1.82, 2.24) is 4.57 Å². The van der Waals surface area contributed by atoms with Crippen LogP contribution in [0.15, 0.2) is 87.5 Å². The molecule has 0 N–H and O–H groups in total. The molecule has 158 valence electrons. The number of aromatic nitrogens is 1. The summed E-state index contributed by atoms with van der Waals surface area (Å²) in [6.07, 6.45) is 1.30. The van der Waals surface area contributed by atoms with Crippen LogP contribution in [-0.2, 0) is 16.4 Å². The Hall–Kier alpha value is -3.16. The Balaban J connectivity index is 1.93. The van der Waals surface area contributed by atoms with Crippen LogP contribution in [0.25, 0.3) is 10.9 Å². The zero-order chi connectivity index (χ0) is 22.2. The number of hydrogen-bond donors (Lipinski definition) is 0. The maximum absolute atomic E-state index is 13.9. The number of pyridine rings is 1. The average Bonchev–Trinajstić information content (AvgIpc) is 2.77. The average molecular weight is 458 g/mol. The van der Waals surface area contributed by atoms with E-state index in [2.05, 4.69) is 0 Å². The van der Waals surface area contributed by atoms with Crippen molar-refractivity contribution >= 4 is 32.3 Å². The third kappa shape index (κ3) is 4.06. The van der Waals surface area contributed by atoms with Gasteiger partial charge in [-0.1, -0.05) is 23.7 Å². The van der Waals surface area contributed by atoms with Crippen molar-refractivity contribution in [2.45, 2.75) is 16.3 Å². The van der Waals surface area contributed by atoms with Crippen LogP contribution in [0.1, 0.15) is 5.56 Å². The Morgan fingerprint density at radius 1 is 1.00 bits per heavy atom. The van der Waals surface area contributed by atoms with Gasteiger partial charge in [0.15, 0.2) is 0 Å². The standard InChI is InChI=1S/C23H17ClFNO4S/c1-30-18-7-9-19(10-8-18)31(28,29)22-14-26(13-15-2-4-16(24)5-3-15)21-11-6-17(25)12-20(21)23(22)27/h2-12,14H,13H2,1H3. The fraction of sp³-hybridized carbons (Fsp3) is 0.0870. The number of benzene rings is 3. The van der Waals surface area contributed by atoms with Gasteiger partial charge in [-0.3, -0.25) is 4.79 Å². The van der Waals surface area contributed by atoms with Crippen LogP contribution in [0.4, 0.5) is 4.39 Å². The zero-order valence-electron chi connectivity index (χ0n) is 16.4. The van der Waals surface area contributed by atoms with Crippen LogP contribution in [0.2, 0.25) is 5.02 Å². The van der Waals surface area contributed by atoms with Crippen LogP contribution in [-0.4, -0.2) is 20.1 Å². The molecule has 0 atom stereocenters. The Morgan fingerprint density at radius 3 is 2.32 bits per heavy atom. The molecule has 0 saturated heterocycles. The van der Waals surface area contributed by atoms with E-state index in [0.717, 1.165) is 11.6 Å². The summed E-state index contributed by atoms with van der Waals surface area (Å²) in [6, 6.07) is 16.5. The number of sulfone groups is 1. The highest BCUT2D eigenvalue weighted by Crippen LogP contribution is 2.24. The molecule has 4 aromatic rings. The second kappa shape index (κ2) is 8.17. The van der Waals surface area contributed by atoms with Gasteiger partial charge in [0.2, 0.25) is 15.3 Å². The molecule has 0 aliphatic carbocycles. The summed E-state index contributed by atoms with van der Waals surface area (Å²) in [6.45, 7) is 0.269. The lowest BCUT2D eigenvalue weighted by Gasteiger charge is -2.14. The Bertz CT molecular complexity index is 1430. The molecule has 0 aliphatic heterocycles. The van der Waals surface area contributed by atoms with E-state index in [1.807, 2.05) is 0 Å². The third-order valence-corrected chi connectivity index (χ3v) is 6.95. The van der Waals surface area contributed by atoms with Crippen molar-refractivity contribution in [2.75, 3.05) is 7.11 Å². The number of nitrogens with zero attached hydrogens (tertiary/aromatic N) is 1. The summed E-state index contributed by atoms with van der Waals surface area (Å²) >= 11 is 5.94. The van der Waals surface area contributed by atoms with E-state index in [1.165, 1.54) is 49.7 Å². The molecule has 0 radical (unpaired) electrons. The number of hydrogen-bond acceptors (Lipinski definition) is 4. The molecule has 0 spiro atoms. The summed E-state index contributed by atoms with van der Waals surface area (Å²) in [5.74, 6) is -0.138. The second-order valence-electron chi connectivity index (χ2n) is 6.92. The number of methoxy groups -OCH3 is 1. The van der Waals surface area contributed by atoms with Gasteiger partial charge in [-0.15, -0.1) is 0 Å². The number of ether oxygens (including phenoxy) is 1. The van der Waals surface area contributed by atoms with Gasteiger partial charge >= 0.3 is 0 Å². The highest BCUT2D eigenvalue weighted by molar-refractivity contribution is 7.91. The van der Waals surface area contributed by atoms with Crippen LogP contribution in [0.5, 0.6) is 5.75 Å². The predicted octanol–water partition coefficient (Wildman–Crippen LogP) is 4.68. The van der Waals surface area contributed by atoms with Gasteiger partial charge < -0.3 is 9.30 Å². The largest absolute Gasteiger partial charge is 0.497 e. The van der Waals surface area contributed by atoms with Gasteiger partial charge in [-0.25, -0.2) is 12.8 Å². The second-order valence-corrected chi connectivity index (χ2v) is 9.27. The van der Waals surface area contributed by atoms with Crippen molar-refractivity contribution < 1.29 is 17.5 Å². The number of fused-ring (bicyclic) bond motifs is 1. The van der Waals surface area contributed by atoms with Gasteiger partial charge in [0.25, 0.3) is 0 Å².